The van der Waals surface area contributed by atoms with E-state index >= 15 is 0 Å². The number of aromatic nitrogens is 1. The van der Waals surface area contributed by atoms with Gasteiger partial charge < -0.3 is 0 Å². The first kappa shape index (κ1) is 16.9. The molecule has 0 aliphatic rings. The highest BCUT2D eigenvalue weighted by Gasteiger charge is 2.14. The summed E-state index contributed by atoms with van der Waals surface area (Å²) in [6.07, 6.45) is 3.47. The molecule has 26 heavy (non-hydrogen) atoms. The summed E-state index contributed by atoms with van der Waals surface area (Å²) in [6, 6.07) is 18.8. The Balaban J connectivity index is 1.55. The van der Waals surface area contributed by atoms with E-state index in [1.54, 1.807) is 35.9 Å². The molecule has 0 unspecified atom stereocenters. The fourth-order valence-electron chi connectivity index (χ4n) is 2.76. The molecule has 0 aliphatic carbocycles. The first-order valence-electron chi connectivity index (χ1n) is 8.08. The Kier molecular flexibility index (Phi) is 4.55. The number of hydrogen-bond donors (Lipinski definition) is 1. The number of benzene rings is 2. The molecule has 0 radical (unpaired) electrons. The highest BCUT2D eigenvalue weighted by Crippen LogP contribution is 2.24. The Morgan fingerprint density at radius 2 is 1.77 bits per heavy atom. The fraction of sp³-hybridized carbons (Fsp3) is 0.0500. The van der Waals surface area contributed by atoms with Crippen molar-refractivity contribution in [3.05, 3.63) is 84.0 Å². The second-order valence-electron chi connectivity index (χ2n) is 5.89. The molecule has 0 aliphatic heterocycles. The van der Waals surface area contributed by atoms with E-state index in [9.17, 15) is 8.42 Å². The van der Waals surface area contributed by atoms with Crippen LogP contribution in [0, 0.1) is 0 Å². The molecule has 0 spiro atoms. The van der Waals surface area contributed by atoms with E-state index in [-0.39, 0.29) is 11.4 Å². The summed E-state index contributed by atoms with van der Waals surface area (Å²) >= 11 is 1.63. The van der Waals surface area contributed by atoms with Gasteiger partial charge in [-0.05, 0) is 46.0 Å². The normalized spacial score (nSPS) is 11.7. The summed E-state index contributed by atoms with van der Waals surface area (Å²) in [5.41, 5.74) is 1.81. The van der Waals surface area contributed by atoms with Crippen LogP contribution in [0.1, 0.15) is 5.56 Å². The number of nitrogens with one attached hydrogen (secondary N) is 1. The van der Waals surface area contributed by atoms with E-state index < -0.39 is 10.0 Å². The van der Waals surface area contributed by atoms with E-state index in [0.29, 0.717) is 0 Å². The van der Waals surface area contributed by atoms with Crippen LogP contribution < -0.4 is 4.72 Å². The zero-order valence-corrected chi connectivity index (χ0v) is 15.4. The average molecular weight is 380 g/mol. The molecule has 0 saturated heterocycles. The average Bonchev–Trinajstić information content (AvgIpc) is 3.21. The summed E-state index contributed by atoms with van der Waals surface area (Å²) in [4.78, 5) is 5.60. The van der Waals surface area contributed by atoms with Crippen LogP contribution in [0.2, 0.25) is 0 Å². The maximum absolute atomic E-state index is 12.6. The van der Waals surface area contributed by atoms with Crippen molar-refractivity contribution in [3.8, 4) is 10.4 Å². The van der Waals surface area contributed by atoms with E-state index in [4.69, 9.17) is 0 Å². The van der Waals surface area contributed by atoms with E-state index in [1.807, 2.05) is 53.9 Å². The fourth-order valence-corrected chi connectivity index (χ4v) is 4.52. The number of nitrogens with zero attached hydrogens (tertiary/aromatic N) is 1. The molecule has 0 atom stereocenters. The number of pyridine rings is 1. The Hall–Kier alpha value is -2.54. The van der Waals surface area contributed by atoms with Gasteiger partial charge in [0.15, 0.2) is 0 Å². The SMILES string of the molecule is O=S(=O)(NCc1cncc(-c2cccs2)c1)c1ccc2ccccc2c1. The Morgan fingerprint density at radius 1 is 0.923 bits per heavy atom. The maximum Gasteiger partial charge on any atom is 0.240 e. The minimum absolute atomic E-state index is 0.196. The van der Waals surface area contributed by atoms with Crippen molar-refractivity contribution < 1.29 is 8.42 Å². The quantitative estimate of drug-likeness (QED) is 0.557. The minimum atomic E-state index is -3.59. The molecule has 2 aromatic carbocycles. The highest BCUT2D eigenvalue weighted by atomic mass is 32.2. The first-order valence-corrected chi connectivity index (χ1v) is 10.4. The molecular formula is C20H16N2O2S2. The molecule has 130 valence electrons. The predicted octanol–water partition coefficient (Wildman–Crippen LogP) is 4.44. The number of hydrogen-bond acceptors (Lipinski definition) is 4. The van der Waals surface area contributed by atoms with Crippen molar-refractivity contribution in [1.82, 2.24) is 9.71 Å². The van der Waals surface area contributed by atoms with Crippen LogP contribution >= 0.6 is 11.3 Å². The summed E-state index contributed by atoms with van der Waals surface area (Å²) < 4.78 is 27.9. The summed E-state index contributed by atoms with van der Waals surface area (Å²) in [5, 5.41) is 3.92. The van der Waals surface area contributed by atoms with E-state index in [0.717, 1.165) is 26.8 Å². The Morgan fingerprint density at radius 3 is 2.58 bits per heavy atom. The largest absolute Gasteiger partial charge is 0.264 e. The third kappa shape index (κ3) is 3.53. The van der Waals surface area contributed by atoms with Crippen LogP contribution in [0.15, 0.2) is 83.3 Å². The lowest BCUT2D eigenvalue weighted by Crippen LogP contribution is -2.23. The van der Waals surface area contributed by atoms with E-state index in [2.05, 4.69) is 9.71 Å². The number of thiophene rings is 1. The molecule has 2 aromatic heterocycles. The molecular weight excluding hydrogens is 364 g/mol. The van der Waals surface area contributed by atoms with Gasteiger partial charge in [-0.15, -0.1) is 11.3 Å². The lowest BCUT2D eigenvalue weighted by molar-refractivity contribution is 0.581. The van der Waals surface area contributed by atoms with Gasteiger partial charge in [0.25, 0.3) is 0 Å². The zero-order chi connectivity index (χ0) is 18.0. The third-order valence-corrected chi connectivity index (χ3v) is 6.42. The predicted molar refractivity (Wildman–Crippen MR) is 106 cm³/mol. The molecule has 6 heteroatoms. The molecule has 0 saturated carbocycles. The molecule has 0 amide bonds. The zero-order valence-electron chi connectivity index (χ0n) is 13.8. The summed E-state index contributed by atoms with van der Waals surface area (Å²) in [5.74, 6) is 0. The molecule has 1 N–H and O–H groups in total. The number of sulfonamides is 1. The van der Waals surface area contributed by atoms with Crippen LogP contribution in [0.25, 0.3) is 21.2 Å². The third-order valence-electron chi connectivity index (χ3n) is 4.10. The van der Waals surface area contributed by atoms with Crippen molar-refractivity contribution in [2.45, 2.75) is 11.4 Å². The van der Waals surface area contributed by atoms with Crippen molar-refractivity contribution in [2.75, 3.05) is 0 Å². The van der Waals surface area contributed by atoms with Crippen molar-refractivity contribution in [1.29, 1.82) is 0 Å². The van der Waals surface area contributed by atoms with Gasteiger partial charge in [0.2, 0.25) is 10.0 Å². The molecule has 4 aromatic rings. The van der Waals surface area contributed by atoms with Gasteiger partial charge >= 0.3 is 0 Å². The smallest absolute Gasteiger partial charge is 0.240 e. The van der Waals surface area contributed by atoms with Gasteiger partial charge in [0, 0.05) is 29.4 Å². The van der Waals surface area contributed by atoms with Crippen LogP contribution in [0.5, 0.6) is 0 Å². The minimum Gasteiger partial charge on any atom is -0.264 e. The number of rotatable bonds is 5. The molecule has 2 heterocycles. The molecule has 0 fully saturated rings. The van der Waals surface area contributed by atoms with Gasteiger partial charge in [-0.2, -0.15) is 0 Å². The molecule has 4 rings (SSSR count). The first-order chi connectivity index (χ1) is 12.6. The molecule has 4 nitrogen and oxygen atoms in total. The van der Waals surface area contributed by atoms with Crippen LogP contribution in [0.3, 0.4) is 0 Å². The van der Waals surface area contributed by atoms with Crippen LogP contribution in [0.4, 0.5) is 0 Å². The topological polar surface area (TPSA) is 59.1 Å². The second-order valence-corrected chi connectivity index (χ2v) is 8.61. The monoisotopic (exact) mass is 380 g/mol. The summed E-state index contributed by atoms with van der Waals surface area (Å²) in [6.45, 7) is 0.196. The van der Waals surface area contributed by atoms with E-state index in [1.165, 1.54) is 0 Å². The lowest BCUT2D eigenvalue weighted by atomic mass is 10.1. The van der Waals surface area contributed by atoms with Crippen molar-refractivity contribution in [2.24, 2.45) is 0 Å². The lowest BCUT2D eigenvalue weighted by Gasteiger charge is -2.08. The summed E-state index contributed by atoms with van der Waals surface area (Å²) in [7, 11) is -3.59. The van der Waals surface area contributed by atoms with Gasteiger partial charge in [-0.3, -0.25) is 4.98 Å². The van der Waals surface area contributed by atoms with Crippen molar-refractivity contribution >= 4 is 32.1 Å². The standard InChI is InChI=1S/C20H16N2O2S2/c23-26(24,19-8-7-16-4-1-2-5-17(16)11-19)22-13-15-10-18(14-21-12-15)20-6-3-9-25-20/h1-12,14,22H,13H2. The Labute approximate surface area is 156 Å². The van der Waals surface area contributed by atoms with Gasteiger partial charge in [-0.25, -0.2) is 13.1 Å². The highest BCUT2D eigenvalue weighted by molar-refractivity contribution is 7.89. The van der Waals surface area contributed by atoms with Gasteiger partial charge in [0.1, 0.15) is 0 Å². The van der Waals surface area contributed by atoms with Crippen molar-refractivity contribution in [3.63, 3.8) is 0 Å². The maximum atomic E-state index is 12.6. The van der Waals surface area contributed by atoms with Gasteiger partial charge in [-0.1, -0.05) is 36.4 Å². The molecule has 0 bridgehead atoms. The van der Waals surface area contributed by atoms with Crippen LogP contribution in [-0.4, -0.2) is 13.4 Å². The Bertz CT molecular complexity index is 1150. The van der Waals surface area contributed by atoms with Gasteiger partial charge in [0.05, 0.1) is 4.90 Å². The second kappa shape index (κ2) is 6.99. The number of fused-ring (bicyclic) bond motifs is 1. The van der Waals surface area contributed by atoms with Crippen LogP contribution in [-0.2, 0) is 16.6 Å².